The third-order valence-corrected chi connectivity index (χ3v) is 6.16. The quantitative estimate of drug-likeness (QED) is 0.859. The molecule has 2 N–H and O–H groups in total. The summed E-state index contributed by atoms with van der Waals surface area (Å²) in [5.41, 5.74) is -0.0491. The summed E-state index contributed by atoms with van der Waals surface area (Å²) < 4.78 is 6.34. The first-order valence-electron chi connectivity index (χ1n) is 9.51. The van der Waals surface area contributed by atoms with Crippen molar-refractivity contribution in [3.05, 3.63) is 29.8 Å². The van der Waals surface area contributed by atoms with Gasteiger partial charge >= 0.3 is 0 Å². The summed E-state index contributed by atoms with van der Waals surface area (Å²) in [5.74, 6) is 1.21. The van der Waals surface area contributed by atoms with Crippen molar-refractivity contribution >= 4 is 11.8 Å². The topological polar surface area (TPSA) is 70.7 Å². The maximum Gasteiger partial charge on any atom is 0.258 e. The molecule has 1 aliphatic heterocycles. The van der Waals surface area contributed by atoms with E-state index in [1.807, 2.05) is 32.3 Å². The Kier molecular flexibility index (Phi) is 4.39. The molecule has 1 heterocycles. The number of para-hydroxylation sites is 1. The smallest absolute Gasteiger partial charge is 0.258 e. The highest BCUT2D eigenvalue weighted by molar-refractivity contribution is 5.98. The number of hydrogen-bond acceptors (Lipinski definition) is 4. The molecule has 3 saturated carbocycles. The maximum atomic E-state index is 12.6. The predicted octanol–water partition coefficient (Wildman–Crippen LogP) is 1.62. The van der Waals surface area contributed by atoms with Gasteiger partial charge in [-0.1, -0.05) is 12.1 Å². The zero-order chi connectivity index (χ0) is 18.3. The van der Waals surface area contributed by atoms with Crippen molar-refractivity contribution in [1.29, 1.82) is 0 Å². The lowest BCUT2D eigenvalue weighted by atomic mass is 9.60. The van der Waals surface area contributed by atoms with Gasteiger partial charge in [-0.25, -0.2) is 0 Å². The molecule has 2 bridgehead atoms. The molecule has 3 aliphatic carbocycles. The van der Waals surface area contributed by atoms with Gasteiger partial charge < -0.3 is 20.3 Å². The molecule has 1 aromatic rings. The first-order valence-corrected chi connectivity index (χ1v) is 9.51. The minimum atomic E-state index is -0.644. The minimum Gasteiger partial charge on any atom is -0.467 e. The van der Waals surface area contributed by atoms with Gasteiger partial charge in [-0.2, -0.15) is 0 Å². The van der Waals surface area contributed by atoms with Gasteiger partial charge in [0.1, 0.15) is 5.75 Å². The molecular formula is C20H27N3O3. The van der Waals surface area contributed by atoms with Crippen LogP contribution in [0.5, 0.6) is 5.75 Å². The lowest BCUT2D eigenvalue weighted by molar-refractivity contribution is -0.146. The van der Waals surface area contributed by atoms with Crippen LogP contribution < -0.4 is 15.4 Å². The Hall–Kier alpha value is -2.08. The van der Waals surface area contributed by atoms with E-state index in [1.165, 1.54) is 0 Å². The molecule has 1 aromatic carbocycles. The summed E-state index contributed by atoms with van der Waals surface area (Å²) in [4.78, 5) is 27.3. The molecule has 4 unspecified atom stereocenters. The molecule has 140 valence electrons. The Labute approximate surface area is 154 Å². The van der Waals surface area contributed by atoms with Gasteiger partial charge in [-0.05, 0) is 51.4 Å². The van der Waals surface area contributed by atoms with Crippen molar-refractivity contribution in [2.45, 2.75) is 31.4 Å². The van der Waals surface area contributed by atoms with Crippen LogP contribution in [0.25, 0.3) is 0 Å². The molecule has 0 saturated heterocycles. The summed E-state index contributed by atoms with van der Waals surface area (Å²) in [6.45, 7) is 1.51. The normalized spacial score (nSPS) is 32.1. The van der Waals surface area contributed by atoms with Crippen LogP contribution in [0.3, 0.4) is 0 Å². The van der Waals surface area contributed by atoms with E-state index >= 15 is 0 Å². The predicted molar refractivity (Wildman–Crippen MR) is 97.8 cm³/mol. The van der Waals surface area contributed by atoms with E-state index in [0.29, 0.717) is 24.3 Å². The number of nitrogens with one attached hydrogen (secondary N) is 2. The molecule has 2 amide bonds. The number of ether oxygens (including phenoxy) is 1. The van der Waals surface area contributed by atoms with Crippen LogP contribution in [0, 0.1) is 17.8 Å². The largest absolute Gasteiger partial charge is 0.467 e. The van der Waals surface area contributed by atoms with Crippen LogP contribution in [-0.2, 0) is 4.79 Å². The minimum absolute atomic E-state index is 0.0270. The number of amides is 2. The van der Waals surface area contributed by atoms with Crippen LogP contribution in [0.15, 0.2) is 24.3 Å². The van der Waals surface area contributed by atoms with Gasteiger partial charge in [0, 0.05) is 31.3 Å². The van der Waals surface area contributed by atoms with Gasteiger partial charge in [0.15, 0.2) is 5.72 Å². The lowest BCUT2D eigenvalue weighted by Gasteiger charge is -2.55. The summed E-state index contributed by atoms with van der Waals surface area (Å²) in [5, 5.41) is 6.21. The Morgan fingerprint density at radius 3 is 2.88 bits per heavy atom. The zero-order valence-corrected chi connectivity index (χ0v) is 15.5. The number of hydrogen-bond donors (Lipinski definition) is 2. The number of nitrogens with zero attached hydrogens (tertiary/aromatic N) is 1. The summed E-state index contributed by atoms with van der Waals surface area (Å²) in [6, 6.07) is 7.40. The Morgan fingerprint density at radius 1 is 1.35 bits per heavy atom. The van der Waals surface area contributed by atoms with Crippen LogP contribution in [-0.4, -0.2) is 49.6 Å². The third kappa shape index (κ3) is 2.96. The standard InChI is InChI=1S/C20H27N3O3/c1-23(2)10-9-21-18(24)16-11-14-8-7-13(16)12-20(14)22-19(25)15-5-3-4-6-17(15)26-20/h3-6,13-14,16H,7-12H2,1-2H3,(H,21,24)(H,22,25). The summed E-state index contributed by atoms with van der Waals surface area (Å²) >= 11 is 0. The third-order valence-electron chi connectivity index (χ3n) is 6.16. The molecule has 5 rings (SSSR count). The average molecular weight is 357 g/mol. The molecule has 1 spiro atoms. The number of rotatable bonds is 4. The van der Waals surface area contributed by atoms with Gasteiger partial charge in [0.2, 0.25) is 5.91 Å². The molecule has 4 aliphatic rings. The number of carbonyl (C=O) groups excluding carboxylic acids is 2. The molecular weight excluding hydrogens is 330 g/mol. The van der Waals surface area contributed by atoms with E-state index in [4.69, 9.17) is 4.74 Å². The van der Waals surface area contributed by atoms with Crippen molar-refractivity contribution in [3.63, 3.8) is 0 Å². The van der Waals surface area contributed by atoms with Crippen LogP contribution in [0.1, 0.15) is 36.0 Å². The van der Waals surface area contributed by atoms with Crippen molar-refractivity contribution in [1.82, 2.24) is 15.5 Å². The molecule has 3 fully saturated rings. The number of fused-ring (bicyclic) bond motifs is 3. The van der Waals surface area contributed by atoms with Crippen molar-refractivity contribution in [3.8, 4) is 5.75 Å². The number of benzene rings is 1. The molecule has 0 aromatic heterocycles. The summed E-state index contributed by atoms with van der Waals surface area (Å²) in [7, 11) is 4.00. The SMILES string of the molecule is CN(C)CCNC(=O)C1CC2CCC1CC21NC(=O)c2ccccc2O1. The molecule has 4 atom stereocenters. The zero-order valence-electron chi connectivity index (χ0n) is 15.5. The first-order chi connectivity index (χ1) is 12.5. The van der Waals surface area contributed by atoms with E-state index < -0.39 is 5.72 Å². The monoisotopic (exact) mass is 357 g/mol. The number of likely N-dealkylation sites (N-methyl/N-ethyl adjacent to an activating group) is 1. The van der Waals surface area contributed by atoms with Gasteiger partial charge in [0.05, 0.1) is 5.56 Å². The highest BCUT2D eigenvalue weighted by atomic mass is 16.5. The fourth-order valence-electron chi connectivity index (χ4n) is 4.81. The van der Waals surface area contributed by atoms with Gasteiger partial charge in [0.25, 0.3) is 5.91 Å². The first kappa shape index (κ1) is 17.3. The van der Waals surface area contributed by atoms with Crippen LogP contribution >= 0.6 is 0 Å². The fourth-order valence-corrected chi connectivity index (χ4v) is 4.81. The van der Waals surface area contributed by atoms with Gasteiger partial charge in [-0.3, -0.25) is 9.59 Å². The van der Waals surface area contributed by atoms with E-state index in [2.05, 4.69) is 15.5 Å². The van der Waals surface area contributed by atoms with Crippen molar-refractivity contribution in [2.75, 3.05) is 27.2 Å². The van der Waals surface area contributed by atoms with Crippen molar-refractivity contribution < 1.29 is 14.3 Å². The molecule has 0 radical (unpaired) electrons. The molecule has 26 heavy (non-hydrogen) atoms. The average Bonchev–Trinajstić information content (AvgIpc) is 2.61. The summed E-state index contributed by atoms with van der Waals surface area (Å²) in [6.07, 6.45) is 3.51. The molecule has 6 heteroatoms. The second-order valence-corrected chi connectivity index (χ2v) is 8.12. The highest BCUT2D eigenvalue weighted by Crippen LogP contribution is 2.52. The van der Waals surface area contributed by atoms with E-state index in [1.54, 1.807) is 6.07 Å². The number of carbonyl (C=O) groups is 2. The fraction of sp³-hybridized carbons (Fsp3) is 0.600. The second kappa shape index (κ2) is 6.58. The maximum absolute atomic E-state index is 12.6. The van der Waals surface area contributed by atoms with Crippen LogP contribution in [0.4, 0.5) is 0 Å². The second-order valence-electron chi connectivity index (χ2n) is 8.12. The lowest BCUT2D eigenvalue weighted by Crippen LogP contribution is -2.67. The Balaban J connectivity index is 1.47. The van der Waals surface area contributed by atoms with Crippen LogP contribution in [0.2, 0.25) is 0 Å². The van der Waals surface area contributed by atoms with E-state index in [-0.39, 0.29) is 29.6 Å². The van der Waals surface area contributed by atoms with E-state index in [0.717, 1.165) is 25.8 Å². The van der Waals surface area contributed by atoms with Gasteiger partial charge in [-0.15, -0.1) is 0 Å². The van der Waals surface area contributed by atoms with E-state index in [9.17, 15) is 9.59 Å². The van der Waals surface area contributed by atoms with Crippen molar-refractivity contribution in [2.24, 2.45) is 17.8 Å². The highest BCUT2D eigenvalue weighted by Gasteiger charge is 2.57. The Bertz CT molecular complexity index is 720. The molecule has 6 nitrogen and oxygen atoms in total. The Morgan fingerprint density at radius 2 is 2.15 bits per heavy atom.